The first-order chi connectivity index (χ1) is 14.6. The van der Waals surface area contributed by atoms with E-state index in [4.69, 9.17) is 4.74 Å². The standard InChI is InChI=1S/C22H25N3O4S/c1-2-29-21(28)18-17(14-7-4-3-5-8-14)23-22(30-18)24-19(26)16-9-6-12-25(13-16)20(27)15-10-11-15/h3-5,7-8,15-16H,2,6,9-13H2,1H3,(H,23,24,26)/t16-/m1/s1. The first-order valence-corrected chi connectivity index (χ1v) is 11.2. The van der Waals surface area contributed by atoms with Crippen molar-refractivity contribution in [1.82, 2.24) is 9.88 Å². The number of carbonyl (C=O) groups is 3. The van der Waals surface area contributed by atoms with Crippen molar-refractivity contribution >= 4 is 34.3 Å². The van der Waals surface area contributed by atoms with Gasteiger partial charge < -0.3 is 15.0 Å². The number of ether oxygens (including phenoxy) is 1. The Hall–Kier alpha value is -2.74. The molecule has 7 nitrogen and oxygen atoms in total. The van der Waals surface area contributed by atoms with Crippen LogP contribution >= 0.6 is 11.3 Å². The Balaban J connectivity index is 1.50. The summed E-state index contributed by atoms with van der Waals surface area (Å²) in [5, 5.41) is 3.23. The molecule has 0 radical (unpaired) electrons. The number of nitrogens with one attached hydrogen (secondary N) is 1. The van der Waals surface area contributed by atoms with Crippen molar-refractivity contribution in [2.45, 2.75) is 32.6 Å². The Bertz CT molecular complexity index is 939. The molecule has 1 aliphatic carbocycles. The highest BCUT2D eigenvalue weighted by Crippen LogP contribution is 2.34. The average Bonchev–Trinajstić information content (AvgIpc) is 3.54. The molecule has 8 heteroatoms. The van der Waals surface area contributed by atoms with Crippen LogP contribution < -0.4 is 5.32 Å². The van der Waals surface area contributed by atoms with E-state index in [-0.39, 0.29) is 30.3 Å². The summed E-state index contributed by atoms with van der Waals surface area (Å²) in [7, 11) is 0. The molecule has 1 aromatic carbocycles. The van der Waals surface area contributed by atoms with E-state index in [1.165, 1.54) is 0 Å². The lowest BCUT2D eigenvalue weighted by molar-refractivity contribution is -0.135. The van der Waals surface area contributed by atoms with Gasteiger partial charge in [-0.3, -0.25) is 9.59 Å². The van der Waals surface area contributed by atoms with Gasteiger partial charge in [0.15, 0.2) is 5.13 Å². The van der Waals surface area contributed by atoms with Crippen molar-refractivity contribution in [1.29, 1.82) is 0 Å². The Morgan fingerprint density at radius 1 is 1.17 bits per heavy atom. The van der Waals surface area contributed by atoms with Gasteiger partial charge >= 0.3 is 5.97 Å². The molecule has 1 aromatic heterocycles. The molecular formula is C22H25N3O4S. The summed E-state index contributed by atoms with van der Waals surface area (Å²) in [6, 6.07) is 9.36. The predicted molar refractivity (Wildman–Crippen MR) is 114 cm³/mol. The van der Waals surface area contributed by atoms with Gasteiger partial charge in [-0.2, -0.15) is 0 Å². The highest BCUT2D eigenvalue weighted by atomic mass is 32.1. The number of carbonyl (C=O) groups excluding carboxylic acids is 3. The number of amides is 2. The largest absolute Gasteiger partial charge is 0.462 e. The first kappa shape index (κ1) is 20.5. The molecule has 30 heavy (non-hydrogen) atoms. The fourth-order valence-corrected chi connectivity index (χ4v) is 4.57. The minimum Gasteiger partial charge on any atom is -0.462 e. The number of rotatable bonds is 6. The van der Waals surface area contributed by atoms with Gasteiger partial charge in [-0.1, -0.05) is 41.7 Å². The van der Waals surface area contributed by atoms with Crippen LogP contribution in [0.3, 0.4) is 0 Å². The molecule has 1 N–H and O–H groups in total. The van der Waals surface area contributed by atoms with Crippen LogP contribution in [0.2, 0.25) is 0 Å². The summed E-state index contributed by atoms with van der Waals surface area (Å²) < 4.78 is 5.17. The fourth-order valence-electron chi connectivity index (χ4n) is 3.69. The van der Waals surface area contributed by atoms with Crippen molar-refractivity contribution in [2.75, 3.05) is 25.0 Å². The van der Waals surface area contributed by atoms with Gasteiger partial charge in [0, 0.05) is 24.6 Å². The number of thiazole rings is 1. The third-order valence-corrected chi connectivity index (χ3v) is 6.35. The molecule has 1 aliphatic heterocycles. The molecule has 2 amide bonds. The number of hydrogen-bond donors (Lipinski definition) is 1. The van der Waals surface area contributed by atoms with Crippen molar-refractivity contribution < 1.29 is 19.1 Å². The second-order valence-electron chi connectivity index (χ2n) is 7.67. The topological polar surface area (TPSA) is 88.6 Å². The lowest BCUT2D eigenvalue weighted by Crippen LogP contribution is -2.44. The van der Waals surface area contributed by atoms with Gasteiger partial charge in [0.2, 0.25) is 11.8 Å². The van der Waals surface area contributed by atoms with Crippen LogP contribution in [0.4, 0.5) is 5.13 Å². The van der Waals surface area contributed by atoms with Crippen LogP contribution in [0.15, 0.2) is 30.3 Å². The van der Waals surface area contributed by atoms with E-state index in [0.29, 0.717) is 22.2 Å². The zero-order chi connectivity index (χ0) is 21.1. The third kappa shape index (κ3) is 4.53. The van der Waals surface area contributed by atoms with Gasteiger partial charge in [0.25, 0.3) is 0 Å². The van der Waals surface area contributed by atoms with E-state index in [1.54, 1.807) is 6.92 Å². The molecule has 2 aromatic rings. The van der Waals surface area contributed by atoms with Gasteiger partial charge in [-0.15, -0.1) is 0 Å². The predicted octanol–water partition coefficient (Wildman–Crippen LogP) is 3.57. The van der Waals surface area contributed by atoms with Gasteiger partial charge in [0.05, 0.1) is 18.2 Å². The van der Waals surface area contributed by atoms with E-state index in [0.717, 1.165) is 49.1 Å². The molecule has 2 heterocycles. The van der Waals surface area contributed by atoms with Crippen molar-refractivity contribution in [2.24, 2.45) is 11.8 Å². The lowest BCUT2D eigenvalue weighted by Gasteiger charge is -2.32. The highest BCUT2D eigenvalue weighted by Gasteiger charge is 2.37. The Kier molecular flexibility index (Phi) is 6.13. The number of nitrogens with zero attached hydrogens (tertiary/aromatic N) is 2. The van der Waals surface area contributed by atoms with Gasteiger partial charge in [-0.25, -0.2) is 9.78 Å². The van der Waals surface area contributed by atoms with Crippen LogP contribution in [0, 0.1) is 11.8 Å². The number of esters is 1. The summed E-state index contributed by atoms with van der Waals surface area (Å²) in [6.45, 7) is 3.19. The monoisotopic (exact) mass is 427 g/mol. The van der Waals surface area contributed by atoms with Crippen LogP contribution in [0.1, 0.15) is 42.3 Å². The minimum atomic E-state index is -0.451. The zero-order valence-corrected chi connectivity index (χ0v) is 17.7. The smallest absolute Gasteiger partial charge is 0.350 e. The molecule has 0 unspecified atom stereocenters. The molecule has 2 aliphatic rings. The zero-order valence-electron chi connectivity index (χ0n) is 16.9. The molecule has 0 spiro atoms. The minimum absolute atomic E-state index is 0.159. The molecular weight excluding hydrogens is 402 g/mol. The van der Waals surface area contributed by atoms with E-state index < -0.39 is 5.97 Å². The summed E-state index contributed by atoms with van der Waals surface area (Å²) in [6.07, 6.45) is 3.48. The van der Waals surface area contributed by atoms with Crippen LogP contribution in [0.25, 0.3) is 11.3 Å². The quantitative estimate of drug-likeness (QED) is 0.712. The summed E-state index contributed by atoms with van der Waals surface area (Å²) in [4.78, 5) is 44.4. The first-order valence-electron chi connectivity index (χ1n) is 10.4. The second kappa shape index (κ2) is 8.95. The van der Waals surface area contributed by atoms with E-state index in [2.05, 4.69) is 10.3 Å². The van der Waals surface area contributed by atoms with E-state index in [1.807, 2.05) is 35.2 Å². The number of piperidine rings is 1. The third-order valence-electron chi connectivity index (χ3n) is 5.40. The number of likely N-dealkylation sites (tertiary alicyclic amines) is 1. The maximum Gasteiger partial charge on any atom is 0.350 e. The normalized spacial score (nSPS) is 18.7. The molecule has 1 atom stereocenters. The van der Waals surface area contributed by atoms with Crippen LogP contribution in [-0.4, -0.2) is 47.4 Å². The SMILES string of the molecule is CCOC(=O)c1sc(NC(=O)[C@@H]2CCCN(C(=O)C3CC3)C2)nc1-c1ccccc1. The van der Waals surface area contributed by atoms with Crippen molar-refractivity contribution in [3.63, 3.8) is 0 Å². The lowest BCUT2D eigenvalue weighted by atomic mass is 9.97. The summed E-state index contributed by atoms with van der Waals surface area (Å²) >= 11 is 1.12. The number of anilines is 1. The fraction of sp³-hybridized carbons (Fsp3) is 0.455. The summed E-state index contributed by atoms with van der Waals surface area (Å²) in [5.74, 6) is -0.541. The highest BCUT2D eigenvalue weighted by molar-refractivity contribution is 7.18. The number of benzene rings is 1. The van der Waals surface area contributed by atoms with Gasteiger partial charge in [-0.05, 0) is 32.6 Å². The van der Waals surface area contributed by atoms with E-state index >= 15 is 0 Å². The molecule has 4 rings (SSSR count). The van der Waals surface area contributed by atoms with Crippen molar-refractivity contribution in [3.05, 3.63) is 35.2 Å². The number of aromatic nitrogens is 1. The molecule has 1 saturated carbocycles. The Morgan fingerprint density at radius 2 is 1.93 bits per heavy atom. The van der Waals surface area contributed by atoms with Crippen LogP contribution in [-0.2, 0) is 14.3 Å². The van der Waals surface area contributed by atoms with Crippen LogP contribution in [0.5, 0.6) is 0 Å². The maximum atomic E-state index is 12.9. The Labute approximate surface area is 179 Å². The molecule has 1 saturated heterocycles. The maximum absolute atomic E-state index is 12.9. The number of hydrogen-bond acceptors (Lipinski definition) is 6. The summed E-state index contributed by atoms with van der Waals surface area (Å²) in [5.41, 5.74) is 1.29. The van der Waals surface area contributed by atoms with Crippen molar-refractivity contribution in [3.8, 4) is 11.3 Å². The average molecular weight is 428 g/mol. The van der Waals surface area contributed by atoms with E-state index in [9.17, 15) is 14.4 Å². The molecule has 158 valence electrons. The Morgan fingerprint density at radius 3 is 2.63 bits per heavy atom. The van der Waals surface area contributed by atoms with Gasteiger partial charge in [0.1, 0.15) is 4.88 Å². The second-order valence-corrected chi connectivity index (χ2v) is 8.67. The molecule has 2 fully saturated rings. The molecule has 0 bridgehead atoms.